The molecule has 0 aromatic heterocycles. The molecular formula is C11H21NO8. The molecule has 0 bridgehead atoms. The zero-order chi connectivity index (χ0) is 14.9. The molecule has 9 heteroatoms. The Balaban J connectivity index is 2.00. The van der Waals surface area contributed by atoms with Crippen LogP contribution in [0.15, 0.2) is 0 Å². The normalized spacial score (nSPS) is 50.1. The van der Waals surface area contributed by atoms with E-state index in [1.807, 2.05) is 0 Å². The lowest BCUT2D eigenvalue weighted by Crippen LogP contribution is -2.62. The van der Waals surface area contributed by atoms with Crippen molar-refractivity contribution in [1.82, 2.24) is 5.32 Å². The van der Waals surface area contributed by atoms with E-state index in [9.17, 15) is 25.5 Å². The Morgan fingerprint density at radius 1 is 0.950 bits per heavy atom. The van der Waals surface area contributed by atoms with Crippen molar-refractivity contribution >= 4 is 0 Å². The van der Waals surface area contributed by atoms with E-state index in [4.69, 9.17) is 14.6 Å². The SMILES string of the molecule is OC[C@H]1O[C@H](O[C@@H]2CNC[C@H](O)[C@H]2O)[C@H](O)[C@@H](O)[C@@H]1O. The number of hydrogen-bond acceptors (Lipinski definition) is 9. The molecule has 0 aromatic rings. The lowest BCUT2D eigenvalue weighted by molar-refractivity contribution is -0.320. The zero-order valence-corrected chi connectivity index (χ0v) is 10.7. The second-order valence-corrected chi connectivity index (χ2v) is 5.09. The quantitative estimate of drug-likeness (QED) is 0.273. The van der Waals surface area contributed by atoms with Gasteiger partial charge in [0.15, 0.2) is 6.29 Å². The number of β-amino-alcohol motifs (C(OH)–C–C–N with tert-alkyl or cyclic N) is 1. The Hall–Kier alpha value is -0.360. The maximum Gasteiger partial charge on any atom is 0.187 e. The number of hydrogen-bond donors (Lipinski definition) is 7. The molecule has 2 aliphatic heterocycles. The average molecular weight is 295 g/mol. The van der Waals surface area contributed by atoms with Gasteiger partial charge in [-0.05, 0) is 0 Å². The van der Waals surface area contributed by atoms with Crippen molar-refractivity contribution in [3.63, 3.8) is 0 Å². The molecule has 9 nitrogen and oxygen atoms in total. The first-order valence-corrected chi connectivity index (χ1v) is 6.48. The molecule has 2 heterocycles. The van der Waals surface area contributed by atoms with Crippen LogP contribution >= 0.6 is 0 Å². The molecule has 0 spiro atoms. The predicted molar refractivity (Wildman–Crippen MR) is 63.5 cm³/mol. The summed E-state index contributed by atoms with van der Waals surface area (Å²) in [4.78, 5) is 0. The summed E-state index contributed by atoms with van der Waals surface area (Å²) in [6.07, 6.45) is -9.95. The third kappa shape index (κ3) is 3.11. The van der Waals surface area contributed by atoms with E-state index in [1.54, 1.807) is 0 Å². The van der Waals surface area contributed by atoms with Crippen molar-refractivity contribution in [1.29, 1.82) is 0 Å². The maximum absolute atomic E-state index is 9.80. The van der Waals surface area contributed by atoms with E-state index in [-0.39, 0.29) is 13.1 Å². The first kappa shape index (κ1) is 16.0. The van der Waals surface area contributed by atoms with E-state index in [2.05, 4.69) is 5.32 Å². The number of aliphatic hydroxyl groups excluding tert-OH is 6. The third-order valence-corrected chi connectivity index (χ3v) is 3.63. The molecule has 2 saturated heterocycles. The first-order valence-electron chi connectivity index (χ1n) is 6.48. The van der Waals surface area contributed by atoms with Gasteiger partial charge in [0.1, 0.15) is 36.6 Å². The van der Waals surface area contributed by atoms with E-state index in [0.717, 1.165) is 0 Å². The molecule has 0 saturated carbocycles. The van der Waals surface area contributed by atoms with E-state index >= 15 is 0 Å². The van der Waals surface area contributed by atoms with Gasteiger partial charge in [0.25, 0.3) is 0 Å². The Morgan fingerprint density at radius 2 is 1.65 bits per heavy atom. The van der Waals surface area contributed by atoms with Gasteiger partial charge in [-0.2, -0.15) is 0 Å². The van der Waals surface area contributed by atoms with Crippen LogP contribution in [0.25, 0.3) is 0 Å². The summed E-state index contributed by atoms with van der Waals surface area (Å²) in [5.74, 6) is 0. The van der Waals surface area contributed by atoms with Gasteiger partial charge in [0, 0.05) is 13.1 Å². The van der Waals surface area contributed by atoms with Crippen LogP contribution < -0.4 is 5.32 Å². The summed E-state index contributed by atoms with van der Waals surface area (Å²) in [6, 6.07) is 0. The van der Waals surface area contributed by atoms with Crippen molar-refractivity contribution in [2.45, 2.75) is 49.0 Å². The standard InChI is InChI=1S/C11H21NO8/c13-3-6-8(16)9(17)10(18)11(20-6)19-5-2-12-1-4(14)7(5)15/h4-18H,1-3H2/t4-,5+,6+,7+,8+,9-,10+,11-/m0/s1. The Bertz CT molecular complexity index is 317. The Kier molecular flexibility index (Phi) is 5.29. The zero-order valence-electron chi connectivity index (χ0n) is 10.7. The van der Waals surface area contributed by atoms with Gasteiger partial charge < -0.3 is 45.4 Å². The largest absolute Gasteiger partial charge is 0.394 e. The van der Waals surface area contributed by atoms with Crippen LogP contribution in [0.1, 0.15) is 0 Å². The van der Waals surface area contributed by atoms with Crippen molar-refractivity contribution in [3.05, 3.63) is 0 Å². The van der Waals surface area contributed by atoms with Crippen molar-refractivity contribution in [2.24, 2.45) is 0 Å². The maximum atomic E-state index is 9.80. The summed E-state index contributed by atoms with van der Waals surface area (Å²) in [7, 11) is 0. The number of rotatable bonds is 3. The van der Waals surface area contributed by atoms with Gasteiger partial charge >= 0.3 is 0 Å². The molecule has 0 aromatic carbocycles. The first-order chi connectivity index (χ1) is 9.45. The molecule has 0 radical (unpaired) electrons. The summed E-state index contributed by atoms with van der Waals surface area (Å²) < 4.78 is 10.5. The van der Waals surface area contributed by atoms with Crippen LogP contribution in [0.2, 0.25) is 0 Å². The lowest BCUT2D eigenvalue weighted by Gasteiger charge is -2.42. The van der Waals surface area contributed by atoms with Gasteiger partial charge in [0.05, 0.1) is 12.7 Å². The van der Waals surface area contributed by atoms with Gasteiger partial charge in [-0.1, -0.05) is 0 Å². The predicted octanol–water partition coefficient (Wildman–Crippen LogP) is -4.50. The van der Waals surface area contributed by atoms with Crippen LogP contribution in [0, 0.1) is 0 Å². The summed E-state index contributed by atoms with van der Waals surface area (Å²) in [6.45, 7) is -0.109. The number of ether oxygens (including phenoxy) is 2. The second-order valence-electron chi connectivity index (χ2n) is 5.09. The molecule has 0 unspecified atom stereocenters. The molecule has 0 amide bonds. The van der Waals surface area contributed by atoms with Crippen LogP contribution in [-0.4, -0.2) is 99.4 Å². The molecule has 7 N–H and O–H groups in total. The molecule has 118 valence electrons. The van der Waals surface area contributed by atoms with Crippen molar-refractivity contribution in [2.75, 3.05) is 19.7 Å². The van der Waals surface area contributed by atoms with Gasteiger partial charge in [0.2, 0.25) is 0 Å². The minimum atomic E-state index is -1.54. The van der Waals surface area contributed by atoms with Crippen LogP contribution in [-0.2, 0) is 9.47 Å². The second kappa shape index (κ2) is 6.60. The fourth-order valence-electron chi connectivity index (χ4n) is 2.34. The van der Waals surface area contributed by atoms with Crippen molar-refractivity contribution in [3.8, 4) is 0 Å². The van der Waals surface area contributed by atoms with Gasteiger partial charge in [-0.3, -0.25) is 0 Å². The number of nitrogens with one attached hydrogen (secondary N) is 1. The molecular weight excluding hydrogens is 274 g/mol. The van der Waals surface area contributed by atoms with Gasteiger partial charge in [-0.15, -0.1) is 0 Å². The van der Waals surface area contributed by atoms with Crippen molar-refractivity contribution < 1.29 is 40.1 Å². The number of piperidine rings is 1. The lowest BCUT2D eigenvalue weighted by atomic mass is 9.98. The Labute approximate surface area is 115 Å². The Morgan fingerprint density at radius 3 is 2.30 bits per heavy atom. The molecule has 20 heavy (non-hydrogen) atoms. The highest BCUT2D eigenvalue weighted by Gasteiger charge is 2.46. The average Bonchev–Trinajstić information content (AvgIpc) is 2.44. The minimum absolute atomic E-state index is 0.218. The molecule has 2 rings (SSSR count). The fourth-order valence-corrected chi connectivity index (χ4v) is 2.34. The monoisotopic (exact) mass is 295 g/mol. The third-order valence-electron chi connectivity index (χ3n) is 3.63. The smallest absolute Gasteiger partial charge is 0.187 e. The topological polar surface area (TPSA) is 152 Å². The highest BCUT2D eigenvalue weighted by molar-refractivity contribution is 4.91. The van der Waals surface area contributed by atoms with Gasteiger partial charge in [-0.25, -0.2) is 0 Å². The highest BCUT2D eigenvalue weighted by atomic mass is 16.7. The molecule has 2 fully saturated rings. The van der Waals surface area contributed by atoms with E-state index in [0.29, 0.717) is 0 Å². The summed E-state index contributed by atoms with van der Waals surface area (Å²) in [5, 5.41) is 60.2. The minimum Gasteiger partial charge on any atom is -0.394 e. The molecule has 8 atom stereocenters. The van der Waals surface area contributed by atoms with Crippen LogP contribution in [0.5, 0.6) is 0 Å². The molecule has 2 aliphatic rings. The van der Waals surface area contributed by atoms with E-state index < -0.39 is 55.6 Å². The number of aliphatic hydroxyl groups is 6. The summed E-state index contributed by atoms with van der Waals surface area (Å²) in [5.41, 5.74) is 0. The fraction of sp³-hybridized carbons (Fsp3) is 1.00. The highest BCUT2D eigenvalue weighted by Crippen LogP contribution is 2.24. The van der Waals surface area contributed by atoms with E-state index in [1.165, 1.54) is 0 Å². The van der Waals surface area contributed by atoms with Crippen LogP contribution in [0.4, 0.5) is 0 Å². The van der Waals surface area contributed by atoms with Crippen LogP contribution in [0.3, 0.4) is 0 Å². The molecule has 0 aliphatic carbocycles. The summed E-state index contributed by atoms with van der Waals surface area (Å²) >= 11 is 0.